The quantitative estimate of drug-likeness (QED) is 0.770. The summed E-state index contributed by atoms with van der Waals surface area (Å²) in [6.45, 7) is 7.50. The van der Waals surface area contributed by atoms with Crippen LogP contribution in [0.3, 0.4) is 0 Å². The molecule has 1 N–H and O–H groups in total. The molecule has 0 spiro atoms. The summed E-state index contributed by atoms with van der Waals surface area (Å²) in [5.74, 6) is 0.781. The van der Waals surface area contributed by atoms with Gasteiger partial charge in [-0.05, 0) is 38.3 Å². The number of nitrogens with one attached hydrogen (secondary N) is 1. The average molecular weight is 242 g/mol. The minimum atomic E-state index is 0.431. The Balaban J connectivity index is 1.57. The number of nitrogens with zero attached hydrogens (tertiary/aromatic N) is 1. The zero-order valence-corrected chi connectivity index (χ0v) is 11.0. The van der Waals surface area contributed by atoms with Gasteiger partial charge in [0.15, 0.2) is 0 Å². The Bertz CT molecular complexity index is 200. The van der Waals surface area contributed by atoms with E-state index in [1.54, 1.807) is 7.11 Å². The summed E-state index contributed by atoms with van der Waals surface area (Å²) in [6.07, 6.45) is 4.18. The summed E-state index contributed by atoms with van der Waals surface area (Å²) < 4.78 is 10.9. The molecule has 0 bridgehead atoms. The SMILES string of the molecule is COCC1CCN(CCC2CNCCO2)CC1. The van der Waals surface area contributed by atoms with Crippen LogP contribution in [0.4, 0.5) is 0 Å². The van der Waals surface area contributed by atoms with Crippen LogP contribution in [0.1, 0.15) is 19.3 Å². The molecule has 1 unspecified atom stereocenters. The Morgan fingerprint density at radius 2 is 2.18 bits per heavy atom. The van der Waals surface area contributed by atoms with Gasteiger partial charge in [0, 0.05) is 33.4 Å². The van der Waals surface area contributed by atoms with Crippen molar-refractivity contribution < 1.29 is 9.47 Å². The fourth-order valence-corrected chi connectivity index (χ4v) is 2.74. The number of rotatable bonds is 5. The molecule has 1 atom stereocenters. The predicted octanol–water partition coefficient (Wildman–Crippen LogP) is 0.723. The molecule has 0 amide bonds. The minimum absolute atomic E-state index is 0.431. The monoisotopic (exact) mass is 242 g/mol. The van der Waals surface area contributed by atoms with Crippen LogP contribution in [0.2, 0.25) is 0 Å². The molecule has 17 heavy (non-hydrogen) atoms. The van der Waals surface area contributed by atoms with Gasteiger partial charge in [0.1, 0.15) is 0 Å². The largest absolute Gasteiger partial charge is 0.384 e. The molecule has 0 aromatic carbocycles. The highest BCUT2D eigenvalue weighted by molar-refractivity contribution is 4.74. The van der Waals surface area contributed by atoms with Gasteiger partial charge in [0.2, 0.25) is 0 Å². The van der Waals surface area contributed by atoms with Gasteiger partial charge in [-0.1, -0.05) is 0 Å². The standard InChI is InChI=1S/C13H26N2O2/c1-16-11-12-2-6-15(7-3-12)8-4-13-10-14-5-9-17-13/h12-14H,2-11H2,1H3. The molecule has 2 saturated heterocycles. The molecule has 2 aliphatic heterocycles. The van der Waals surface area contributed by atoms with E-state index < -0.39 is 0 Å². The van der Waals surface area contributed by atoms with Gasteiger partial charge in [0.05, 0.1) is 12.7 Å². The molecule has 2 heterocycles. The predicted molar refractivity (Wildman–Crippen MR) is 68.3 cm³/mol. The number of morpholine rings is 1. The molecule has 0 aromatic heterocycles. The highest BCUT2D eigenvalue weighted by Gasteiger charge is 2.20. The smallest absolute Gasteiger partial charge is 0.0712 e. The van der Waals surface area contributed by atoms with Crippen LogP contribution in [0.25, 0.3) is 0 Å². The van der Waals surface area contributed by atoms with Crippen LogP contribution in [-0.2, 0) is 9.47 Å². The van der Waals surface area contributed by atoms with Gasteiger partial charge < -0.3 is 19.7 Å². The zero-order valence-electron chi connectivity index (χ0n) is 11.0. The van der Waals surface area contributed by atoms with Gasteiger partial charge in [0.25, 0.3) is 0 Å². The molecule has 0 aromatic rings. The van der Waals surface area contributed by atoms with E-state index in [0.29, 0.717) is 6.10 Å². The maximum atomic E-state index is 5.72. The summed E-state index contributed by atoms with van der Waals surface area (Å²) in [4.78, 5) is 2.57. The lowest BCUT2D eigenvalue weighted by atomic mass is 9.97. The Kier molecular flexibility index (Phi) is 5.71. The summed E-state index contributed by atoms with van der Waals surface area (Å²) in [5, 5.41) is 3.39. The molecule has 100 valence electrons. The van der Waals surface area contributed by atoms with Crippen LogP contribution < -0.4 is 5.32 Å². The third-order valence-corrected chi connectivity index (χ3v) is 3.88. The van der Waals surface area contributed by atoms with Gasteiger partial charge in [-0.25, -0.2) is 0 Å². The number of methoxy groups -OCH3 is 1. The first-order chi connectivity index (χ1) is 8.38. The fraction of sp³-hybridized carbons (Fsp3) is 1.00. The van der Waals surface area contributed by atoms with Gasteiger partial charge in [-0.15, -0.1) is 0 Å². The van der Waals surface area contributed by atoms with Crippen molar-refractivity contribution in [3.8, 4) is 0 Å². The van der Waals surface area contributed by atoms with E-state index in [1.807, 2.05) is 0 Å². The van der Waals surface area contributed by atoms with E-state index in [-0.39, 0.29) is 0 Å². The molecule has 2 rings (SSSR count). The lowest BCUT2D eigenvalue weighted by molar-refractivity contribution is 0.0137. The van der Waals surface area contributed by atoms with Crippen LogP contribution >= 0.6 is 0 Å². The Morgan fingerprint density at radius 1 is 1.35 bits per heavy atom. The number of piperidine rings is 1. The van der Waals surface area contributed by atoms with Crippen LogP contribution in [0.15, 0.2) is 0 Å². The van der Waals surface area contributed by atoms with Crippen molar-refractivity contribution in [3.05, 3.63) is 0 Å². The van der Waals surface area contributed by atoms with Crippen molar-refractivity contribution in [2.45, 2.75) is 25.4 Å². The maximum absolute atomic E-state index is 5.72. The fourth-order valence-electron chi connectivity index (χ4n) is 2.74. The number of hydrogen-bond donors (Lipinski definition) is 1. The van der Waals surface area contributed by atoms with Gasteiger partial charge >= 0.3 is 0 Å². The average Bonchev–Trinajstić information content (AvgIpc) is 2.40. The summed E-state index contributed by atoms with van der Waals surface area (Å²) in [5.41, 5.74) is 0. The van der Waals surface area contributed by atoms with Crippen molar-refractivity contribution in [2.24, 2.45) is 5.92 Å². The molecule has 4 nitrogen and oxygen atoms in total. The first kappa shape index (κ1) is 13.3. The molecular weight excluding hydrogens is 216 g/mol. The zero-order chi connectivity index (χ0) is 11.9. The Labute approximate surface area is 105 Å². The molecule has 2 fully saturated rings. The molecule has 2 aliphatic rings. The van der Waals surface area contributed by atoms with E-state index in [4.69, 9.17) is 9.47 Å². The number of hydrogen-bond acceptors (Lipinski definition) is 4. The van der Waals surface area contributed by atoms with E-state index in [0.717, 1.165) is 32.2 Å². The highest BCUT2D eigenvalue weighted by Crippen LogP contribution is 2.17. The topological polar surface area (TPSA) is 33.7 Å². The summed E-state index contributed by atoms with van der Waals surface area (Å²) >= 11 is 0. The lowest BCUT2D eigenvalue weighted by Crippen LogP contribution is -2.42. The van der Waals surface area contributed by atoms with Crippen molar-refractivity contribution in [1.82, 2.24) is 10.2 Å². The number of likely N-dealkylation sites (tertiary alicyclic amines) is 1. The minimum Gasteiger partial charge on any atom is -0.384 e. The maximum Gasteiger partial charge on any atom is 0.0712 e. The number of ether oxygens (including phenoxy) is 2. The Morgan fingerprint density at radius 3 is 2.82 bits per heavy atom. The second-order valence-corrected chi connectivity index (χ2v) is 5.23. The molecular formula is C13H26N2O2. The van der Waals surface area contributed by atoms with Crippen LogP contribution in [-0.4, -0.2) is 64.1 Å². The van der Waals surface area contributed by atoms with Crippen molar-refractivity contribution >= 4 is 0 Å². The second-order valence-electron chi connectivity index (χ2n) is 5.23. The lowest BCUT2D eigenvalue weighted by Gasteiger charge is -2.33. The molecule has 0 radical (unpaired) electrons. The van der Waals surface area contributed by atoms with Crippen molar-refractivity contribution in [3.63, 3.8) is 0 Å². The first-order valence-corrected chi connectivity index (χ1v) is 6.92. The third kappa shape index (κ3) is 4.54. The van der Waals surface area contributed by atoms with Gasteiger partial charge in [-0.2, -0.15) is 0 Å². The normalized spacial score (nSPS) is 28.4. The third-order valence-electron chi connectivity index (χ3n) is 3.88. The van der Waals surface area contributed by atoms with E-state index >= 15 is 0 Å². The molecule has 0 aliphatic carbocycles. The summed E-state index contributed by atoms with van der Waals surface area (Å²) in [6, 6.07) is 0. The van der Waals surface area contributed by atoms with Crippen molar-refractivity contribution in [2.75, 3.05) is 53.0 Å². The van der Waals surface area contributed by atoms with Crippen molar-refractivity contribution in [1.29, 1.82) is 0 Å². The first-order valence-electron chi connectivity index (χ1n) is 6.92. The molecule has 0 saturated carbocycles. The van der Waals surface area contributed by atoms with E-state index in [2.05, 4.69) is 10.2 Å². The van der Waals surface area contributed by atoms with E-state index in [9.17, 15) is 0 Å². The highest BCUT2D eigenvalue weighted by atomic mass is 16.5. The molecule has 4 heteroatoms. The second kappa shape index (κ2) is 7.31. The van der Waals surface area contributed by atoms with Gasteiger partial charge in [-0.3, -0.25) is 0 Å². The summed E-state index contributed by atoms with van der Waals surface area (Å²) in [7, 11) is 1.81. The van der Waals surface area contributed by atoms with E-state index in [1.165, 1.54) is 38.9 Å². The van der Waals surface area contributed by atoms with Crippen LogP contribution in [0.5, 0.6) is 0 Å². The Hall–Kier alpha value is -0.160. The van der Waals surface area contributed by atoms with Crippen LogP contribution in [0, 0.1) is 5.92 Å².